The van der Waals surface area contributed by atoms with E-state index in [4.69, 9.17) is 0 Å². The van der Waals surface area contributed by atoms with Gasteiger partial charge in [0.25, 0.3) is 0 Å². The Morgan fingerprint density at radius 2 is 1.93 bits per heavy atom. The highest BCUT2D eigenvalue weighted by Gasteiger charge is 2.44. The number of hydrogen-bond acceptors (Lipinski definition) is 5. The van der Waals surface area contributed by atoms with Crippen LogP contribution in [0.2, 0.25) is 0 Å². The van der Waals surface area contributed by atoms with Crippen molar-refractivity contribution in [3.05, 3.63) is 53.4 Å². The molecule has 148 valence electrons. The lowest BCUT2D eigenvalue weighted by Crippen LogP contribution is -2.67. The molecule has 0 radical (unpaired) electrons. The van der Waals surface area contributed by atoms with Crippen molar-refractivity contribution in [3.63, 3.8) is 0 Å². The number of piperidine rings is 1. The van der Waals surface area contributed by atoms with Gasteiger partial charge in [0.1, 0.15) is 16.3 Å². The summed E-state index contributed by atoms with van der Waals surface area (Å²) in [5, 5.41) is 4.53. The zero-order chi connectivity index (χ0) is 19.7. The lowest BCUT2D eigenvalue weighted by Gasteiger charge is -2.44. The number of nitrogens with one attached hydrogen (secondary N) is 2. The van der Waals surface area contributed by atoms with Crippen LogP contribution in [-0.4, -0.2) is 49.8 Å². The zero-order valence-electron chi connectivity index (χ0n) is 15.1. The smallest absolute Gasteiger partial charge is 0.250 e. The normalized spacial score (nSPS) is 25.3. The Labute approximate surface area is 167 Å². The summed E-state index contributed by atoms with van der Waals surface area (Å²) in [6.45, 7) is 0.361. The van der Waals surface area contributed by atoms with Crippen LogP contribution in [0.25, 0.3) is 0 Å². The van der Waals surface area contributed by atoms with Gasteiger partial charge in [-0.3, -0.25) is 9.59 Å². The summed E-state index contributed by atoms with van der Waals surface area (Å²) in [4.78, 5) is 27.1. The van der Waals surface area contributed by atoms with E-state index in [2.05, 4.69) is 10.0 Å². The molecular formula is C19H21N3O4S2. The Morgan fingerprint density at radius 3 is 2.64 bits per heavy atom. The second-order valence-electron chi connectivity index (χ2n) is 7.07. The van der Waals surface area contributed by atoms with Gasteiger partial charge in [-0.1, -0.05) is 36.4 Å². The van der Waals surface area contributed by atoms with Crippen LogP contribution in [0.3, 0.4) is 0 Å². The number of thiophene rings is 1. The average molecular weight is 420 g/mol. The molecule has 4 rings (SSSR count). The van der Waals surface area contributed by atoms with Gasteiger partial charge in [0.2, 0.25) is 21.8 Å². The molecule has 2 saturated heterocycles. The fourth-order valence-corrected chi connectivity index (χ4v) is 6.09. The van der Waals surface area contributed by atoms with E-state index in [0.717, 1.165) is 16.9 Å². The van der Waals surface area contributed by atoms with E-state index in [1.54, 1.807) is 22.4 Å². The topological polar surface area (TPSA) is 95.6 Å². The monoisotopic (exact) mass is 419 g/mol. The van der Waals surface area contributed by atoms with E-state index in [1.165, 1.54) is 0 Å². The lowest BCUT2D eigenvalue weighted by molar-refractivity contribution is -0.151. The first-order valence-corrected chi connectivity index (χ1v) is 11.5. The molecule has 0 spiro atoms. The first kappa shape index (κ1) is 19.1. The molecule has 0 unspecified atom stereocenters. The average Bonchev–Trinajstić information content (AvgIpc) is 3.22. The van der Waals surface area contributed by atoms with Crippen LogP contribution in [0.4, 0.5) is 0 Å². The molecule has 2 amide bonds. The van der Waals surface area contributed by atoms with Crippen molar-refractivity contribution in [3.8, 4) is 0 Å². The Morgan fingerprint density at radius 1 is 1.14 bits per heavy atom. The van der Waals surface area contributed by atoms with Crippen LogP contribution < -0.4 is 10.0 Å². The van der Waals surface area contributed by atoms with Crippen LogP contribution >= 0.6 is 11.3 Å². The predicted molar refractivity (Wildman–Crippen MR) is 105 cm³/mol. The molecule has 2 aromatic rings. The van der Waals surface area contributed by atoms with Crippen molar-refractivity contribution < 1.29 is 18.0 Å². The Bertz CT molecular complexity index is 960. The van der Waals surface area contributed by atoms with Gasteiger partial charge in [0.05, 0.1) is 0 Å². The van der Waals surface area contributed by atoms with Gasteiger partial charge in [-0.25, -0.2) is 13.1 Å². The van der Waals surface area contributed by atoms with Gasteiger partial charge in [0, 0.05) is 19.0 Å². The van der Waals surface area contributed by atoms with Gasteiger partial charge in [0.15, 0.2) is 0 Å². The summed E-state index contributed by atoms with van der Waals surface area (Å²) in [7, 11) is -3.60. The number of piperazine rings is 1. The maximum absolute atomic E-state index is 12.9. The van der Waals surface area contributed by atoms with Gasteiger partial charge in [-0.2, -0.15) is 0 Å². The number of carbonyl (C=O) groups is 2. The summed E-state index contributed by atoms with van der Waals surface area (Å²) in [5.41, 5.74) is 0.984. The molecular weight excluding hydrogens is 398 g/mol. The van der Waals surface area contributed by atoms with Gasteiger partial charge in [-0.15, -0.1) is 11.3 Å². The molecule has 9 heteroatoms. The zero-order valence-corrected chi connectivity index (χ0v) is 16.7. The van der Waals surface area contributed by atoms with E-state index in [-0.39, 0.29) is 28.5 Å². The first-order chi connectivity index (χ1) is 13.4. The fraction of sp³-hybridized carbons (Fsp3) is 0.368. The summed E-state index contributed by atoms with van der Waals surface area (Å²) < 4.78 is 27.8. The highest BCUT2D eigenvalue weighted by molar-refractivity contribution is 7.91. The second-order valence-corrected chi connectivity index (χ2v) is 9.96. The number of rotatable bonds is 5. The Kier molecular flexibility index (Phi) is 5.22. The minimum Gasteiger partial charge on any atom is -0.342 e. The maximum atomic E-state index is 12.9. The third-order valence-corrected chi connectivity index (χ3v) is 8.09. The molecule has 28 heavy (non-hydrogen) atoms. The minimum atomic E-state index is -3.60. The standard InChI is InChI=1S/C19H21N3O4S2/c23-18-16-12-14(21-28(25,26)17-7-4-10-27-17)8-9-22(16)19(24)15(20-18)11-13-5-2-1-3-6-13/h1-7,10,14-16,21H,8-9,11-12H2,(H,20,23)/t14-,15-,16-/m0/s1. The van der Waals surface area contributed by atoms with Gasteiger partial charge < -0.3 is 10.2 Å². The molecule has 3 heterocycles. The van der Waals surface area contributed by atoms with Crippen LogP contribution in [0.1, 0.15) is 18.4 Å². The Hall–Kier alpha value is -2.23. The van der Waals surface area contributed by atoms with Crippen LogP contribution in [0, 0.1) is 0 Å². The summed E-state index contributed by atoms with van der Waals surface area (Å²) >= 11 is 1.15. The summed E-state index contributed by atoms with van der Waals surface area (Å²) in [6.07, 6.45) is 1.21. The number of sulfonamides is 1. The van der Waals surface area contributed by atoms with E-state index in [9.17, 15) is 18.0 Å². The van der Waals surface area contributed by atoms with Crippen LogP contribution in [0.5, 0.6) is 0 Å². The molecule has 2 fully saturated rings. The van der Waals surface area contributed by atoms with Gasteiger partial charge in [-0.05, 0) is 29.9 Å². The van der Waals surface area contributed by atoms with Crippen molar-refractivity contribution in [2.45, 2.75) is 41.6 Å². The van der Waals surface area contributed by atoms with E-state index < -0.39 is 22.1 Å². The summed E-state index contributed by atoms with van der Waals surface area (Å²) in [5.74, 6) is -0.325. The maximum Gasteiger partial charge on any atom is 0.250 e. The number of hydrogen-bond donors (Lipinski definition) is 2. The molecule has 0 saturated carbocycles. The van der Waals surface area contributed by atoms with E-state index in [1.807, 2.05) is 30.3 Å². The number of fused-ring (bicyclic) bond motifs is 1. The molecule has 2 aliphatic heterocycles. The Balaban J connectivity index is 1.43. The highest BCUT2D eigenvalue weighted by atomic mass is 32.2. The van der Waals surface area contributed by atoms with Crippen molar-refractivity contribution >= 4 is 33.2 Å². The first-order valence-electron chi connectivity index (χ1n) is 9.14. The molecule has 3 atom stereocenters. The third kappa shape index (κ3) is 3.82. The molecule has 1 aromatic heterocycles. The number of nitrogens with zero attached hydrogens (tertiary/aromatic N) is 1. The van der Waals surface area contributed by atoms with Crippen LogP contribution in [0.15, 0.2) is 52.1 Å². The fourth-order valence-electron chi connectivity index (χ4n) is 3.80. The quantitative estimate of drug-likeness (QED) is 0.759. The predicted octanol–water partition coefficient (Wildman–Crippen LogP) is 1.13. The largest absolute Gasteiger partial charge is 0.342 e. The third-order valence-electron chi connectivity index (χ3n) is 5.17. The summed E-state index contributed by atoms with van der Waals surface area (Å²) in [6, 6.07) is 11.2. The van der Waals surface area contributed by atoms with Gasteiger partial charge >= 0.3 is 0 Å². The molecule has 1 aromatic carbocycles. The van der Waals surface area contributed by atoms with Crippen molar-refractivity contribution in [1.29, 1.82) is 0 Å². The number of carbonyl (C=O) groups excluding carboxylic acids is 2. The molecule has 7 nitrogen and oxygen atoms in total. The second kappa shape index (κ2) is 7.65. The molecule has 0 bridgehead atoms. The highest BCUT2D eigenvalue weighted by Crippen LogP contribution is 2.25. The van der Waals surface area contributed by atoms with Crippen molar-refractivity contribution in [2.75, 3.05) is 6.54 Å². The number of amides is 2. The van der Waals surface area contributed by atoms with Crippen molar-refractivity contribution in [2.24, 2.45) is 0 Å². The lowest BCUT2D eigenvalue weighted by atomic mass is 9.92. The van der Waals surface area contributed by atoms with Crippen molar-refractivity contribution in [1.82, 2.24) is 14.9 Å². The SMILES string of the molecule is O=C1N[C@@H](Cc2ccccc2)C(=O)N2CC[C@H](NS(=O)(=O)c3cccs3)C[C@@H]12. The van der Waals surface area contributed by atoms with E-state index in [0.29, 0.717) is 19.4 Å². The molecule has 2 N–H and O–H groups in total. The van der Waals surface area contributed by atoms with E-state index >= 15 is 0 Å². The molecule has 0 aliphatic carbocycles. The van der Waals surface area contributed by atoms with Crippen LogP contribution in [-0.2, 0) is 26.0 Å². The molecule has 2 aliphatic rings. The number of benzene rings is 1. The minimum absolute atomic E-state index is 0.104.